The predicted molar refractivity (Wildman–Crippen MR) is 77.8 cm³/mol. The van der Waals surface area contributed by atoms with E-state index in [1.807, 2.05) is 0 Å². The number of primary amides is 1. The molecule has 5 heteroatoms. The van der Waals surface area contributed by atoms with E-state index in [1.165, 1.54) is 12.1 Å². The maximum Gasteiger partial charge on any atom is 0.240 e. The Bertz CT molecular complexity index is 513. The largest absolute Gasteiger partial charge is 0.368 e. The first-order chi connectivity index (χ1) is 10.1. The van der Waals surface area contributed by atoms with Gasteiger partial charge in [0.1, 0.15) is 11.9 Å². The summed E-state index contributed by atoms with van der Waals surface area (Å²) in [6.45, 7) is 0. The van der Waals surface area contributed by atoms with Gasteiger partial charge in [-0.05, 0) is 30.5 Å². The molecule has 2 amide bonds. The lowest BCUT2D eigenvalue weighted by atomic mass is 9.88. The van der Waals surface area contributed by atoms with Crippen molar-refractivity contribution in [2.75, 3.05) is 0 Å². The minimum absolute atomic E-state index is 0.0342. The van der Waals surface area contributed by atoms with Gasteiger partial charge in [-0.2, -0.15) is 0 Å². The Labute approximate surface area is 123 Å². The second kappa shape index (κ2) is 7.20. The summed E-state index contributed by atoms with van der Waals surface area (Å²) in [5, 5.41) is 2.72. The van der Waals surface area contributed by atoms with Crippen LogP contribution in [0.25, 0.3) is 0 Å². The lowest BCUT2D eigenvalue weighted by molar-refractivity contribution is -0.130. The molecule has 1 atom stereocenters. The molecule has 0 bridgehead atoms. The van der Waals surface area contributed by atoms with E-state index in [0.717, 1.165) is 32.1 Å². The molecule has 1 aromatic rings. The van der Waals surface area contributed by atoms with Crippen molar-refractivity contribution in [2.24, 2.45) is 11.7 Å². The molecule has 0 aliphatic heterocycles. The number of hydrogen-bond donors (Lipinski definition) is 2. The van der Waals surface area contributed by atoms with Crippen molar-refractivity contribution in [2.45, 2.75) is 44.6 Å². The van der Waals surface area contributed by atoms with E-state index in [-0.39, 0.29) is 24.1 Å². The lowest BCUT2D eigenvalue weighted by Crippen LogP contribution is -2.48. The maximum absolute atomic E-state index is 13.2. The average Bonchev–Trinajstić information content (AvgIpc) is 2.47. The topological polar surface area (TPSA) is 72.2 Å². The molecule has 0 radical (unpaired) electrons. The average molecular weight is 292 g/mol. The fraction of sp³-hybridized carbons (Fsp3) is 0.500. The highest BCUT2D eigenvalue weighted by Gasteiger charge is 2.25. The number of hydrogen-bond acceptors (Lipinski definition) is 2. The third kappa shape index (κ3) is 4.55. The van der Waals surface area contributed by atoms with Crippen LogP contribution < -0.4 is 11.1 Å². The zero-order valence-corrected chi connectivity index (χ0v) is 12.0. The van der Waals surface area contributed by atoms with Crippen LogP contribution in [0.15, 0.2) is 24.3 Å². The first kappa shape index (κ1) is 15.5. The zero-order chi connectivity index (χ0) is 15.2. The number of rotatable bonds is 5. The Kier molecular flexibility index (Phi) is 5.31. The van der Waals surface area contributed by atoms with Crippen molar-refractivity contribution in [3.63, 3.8) is 0 Å². The highest BCUT2D eigenvalue weighted by Crippen LogP contribution is 2.23. The third-order valence-corrected chi connectivity index (χ3v) is 3.96. The van der Waals surface area contributed by atoms with Crippen molar-refractivity contribution in [3.8, 4) is 0 Å². The molecule has 2 rings (SSSR count). The van der Waals surface area contributed by atoms with Crippen molar-refractivity contribution in [1.29, 1.82) is 0 Å². The van der Waals surface area contributed by atoms with Crippen molar-refractivity contribution in [1.82, 2.24) is 5.32 Å². The van der Waals surface area contributed by atoms with Crippen LogP contribution in [-0.2, 0) is 16.0 Å². The molecule has 21 heavy (non-hydrogen) atoms. The first-order valence-corrected chi connectivity index (χ1v) is 7.40. The van der Waals surface area contributed by atoms with E-state index in [1.54, 1.807) is 12.1 Å². The smallest absolute Gasteiger partial charge is 0.240 e. The van der Waals surface area contributed by atoms with Crippen LogP contribution >= 0.6 is 0 Å². The summed E-state index contributed by atoms with van der Waals surface area (Å²) in [5.41, 5.74) is 5.99. The van der Waals surface area contributed by atoms with E-state index in [2.05, 4.69) is 5.32 Å². The molecule has 1 fully saturated rings. The molecule has 0 saturated heterocycles. The van der Waals surface area contributed by atoms with E-state index in [9.17, 15) is 14.0 Å². The minimum Gasteiger partial charge on any atom is -0.368 e. The number of amides is 2. The van der Waals surface area contributed by atoms with Gasteiger partial charge in [-0.1, -0.05) is 31.4 Å². The maximum atomic E-state index is 13.2. The summed E-state index contributed by atoms with van der Waals surface area (Å²) in [6.07, 6.45) is 5.18. The predicted octanol–water partition coefficient (Wildman–Crippen LogP) is 1.92. The molecule has 1 aliphatic rings. The number of nitrogens with one attached hydrogen (secondary N) is 1. The molecule has 1 aliphatic carbocycles. The molecule has 3 N–H and O–H groups in total. The van der Waals surface area contributed by atoms with Crippen LogP contribution in [0.2, 0.25) is 0 Å². The number of nitrogens with two attached hydrogens (primary N) is 1. The van der Waals surface area contributed by atoms with Crippen molar-refractivity contribution >= 4 is 11.8 Å². The van der Waals surface area contributed by atoms with Gasteiger partial charge in [0.25, 0.3) is 0 Å². The summed E-state index contributed by atoms with van der Waals surface area (Å²) >= 11 is 0. The lowest BCUT2D eigenvalue weighted by Gasteiger charge is -2.23. The van der Waals surface area contributed by atoms with Gasteiger partial charge in [-0.25, -0.2) is 4.39 Å². The van der Waals surface area contributed by atoms with Gasteiger partial charge in [0.15, 0.2) is 0 Å². The Morgan fingerprint density at radius 3 is 2.62 bits per heavy atom. The highest BCUT2D eigenvalue weighted by molar-refractivity contribution is 5.87. The van der Waals surface area contributed by atoms with Gasteiger partial charge < -0.3 is 11.1 Å². The second-order valence-electron chi connectivity index (χ2n) is 5.63. The first-order valence-electron chi connectivity index (χ1n) is 7.40. The molecule has 114 valence electrons. The molecular formula is C16H21FN2O2. The molecule has 1 aromatic carbocycles. The van der Waals surface area contributed by atoms with Crippen LogP contribution in [0.4, 0.5) is 4.39 Å². The Balaban J connectivity index is 1.98. The van der Waals surface area contributed by atoms with Gasteiger partial charge in [0, 0.05) is 12.3 Å². The fourth-order valence-corrected chi connectivity index (χ4v) is 2.78. The van der Waals surface area contributed by atoms with E-state index in [4.69, 9.17) is 5.73 Å². The molecule has 4 nitrogen and oxygen atoms in total. The van der Waals surface area contributed by atoms with Gasteiger partial charge in [0.05, 0.1) is 0 Å². The molecule has 0 heterocycles. The Morgan fingerprint density at radius 2 is 2.00 bits per heavy atom. The Hall–Kier alpha value is -1.91. The van der Waals surface area contributed by atoms with Gasteiger partial charge in [-0.15, -0.1) is 0 Å². The fourth-order valence-electron chi connectivity index (χ4n) is 2.78. The minimum atomic E-state index is -0.791. The number of halogens is 1. The Morgan fingerprint density at radius 1 is 1.29 bits per heavy atom. The SMILES string of the molecule is NC(=O)[C@@H](Cc1cccc(F)c1)NC(=O)C1CCCCC1. The molecule has 0 aromatic heterocycles. The van der Waals surface area contributed by atoms with Gasteiger partial charge >= 0.3 is 0 Å². The summed E-state index contributed by atoms with van der Waals surface area (Å²) in [5.74, 6) is -1.11. The van der Waals surface area contributed by atoms with Gasteiger partial charge in [0.2, 0.25) is 11.8 Å². The summed E-state index contributed by atoms with van der Waals surface area (Å²) in [6, 6.07) is 5.19. The molecule has 1 saturated carbocycles. The number of carbonyl (C=O) groups excluding carboxylic acids is 2. The van der Waals surface area contributed by atoms with E-state index in [0.29, 0.717) is 5.56 Å². The third-order valence-electron chi connectivity index (χ3n) is 3.96. The highest BCUT2D eigenvalue weighted by atomic mass is 19.1. The van der Waals surface area contributed by atoms with Crippen LogP contribution in [0.3, 0.4) is 0 Å². The van der Waals surface area contributed by atoms with E-state index >= 15 is 0 Å². The molecular weight excluding hydrogens is 271 g/mol. The zero-order valence-electron chi connectivity index (χ0n) is 12.0. The normalized spacial score (nSPS) is 17.2. The van der Waals surface area contributed by atoms with Gasteiger partial charge in [-0.3, -0.25) is 9.59 Å². The van der Waals surface area contributed by atoms with Crippen LogP contribution in [0.5, 0.6) is 0 Å². The van der Waals surface area contributed by atoms with Crippen LogP contribution in [-0.4, -0.2) is 17.9 Å². The molecule has 0 spiro atoms. The number of benzene rings is 1. The van der Waals surface area contributed by atoms with Crippen LogP contribution in [0, 0.1) is 11.7 Å². The summed E-state index contributed by atoms with van der Waals surface area (Å²) in [4.78, 5) is 23.7. The second-order valence-corrected chi connectivity index (χ2v) is 5.63. The monoisotopic (exact) mass is 292 g/mol. The standard InChI is InChI=1S/C16H21FN2O2/c17-13-8-4-5-11(9-13)10-14(15(18)20)19-16(21)12-6-2-1-3-7-12/h4-5,8-9,12,14H,1-3,6-7,10H2,(H2,18,20)(H,19,21)/t14-/m1/s1. The number of carbonyl (C=O) groups is 2. The molecule has 0 unspecified atom stereocenters. The van der Waals surface area contributed by atoms with Crippen molar-refractivity contribution < 1.29 is 14.0 Å². The quantitative estimate of drug-likeness (QED) is 0.870. The summed E-state index contributed by atoms with van der Waals surface area (Å²) in [7, 11) is 0. The summed E-state index contributed by atoms with van der Waals surface area (Å²) < 4.78 is 13.2. The van der Waals surface area contributed by atoms with Crippen molar-refractivity contribution in [3.05, 3.63) is 35.6 Å². The van der Waals surface area contributed by atoms with Crippen LogP contribution in [0.1, 0.15) is 37.7 Å². The van der Waals surface area contributed by atoms with E-state index < -0.39 is 11.9 Å².